The van der Waals surface area contributed by atoms with E-state index in [1.54, 1.807) is 18.4 Å². The van der Waals surface area contributed by atoms with Crippen LogP contribution < -0.4 is 10.1 Å². The highest BCUT2D eigenvalue weighted by molar-refractivity contribution is 7.13. The summed E-state index contributed by atoms with van der Waals surface area (Å²) in [5.74, 6) is 1.04. The second-order valence-electron chi connectivity index (χ2n) is 7.82. The SMILES string of the molecule is COc1ccc(CNC(=O)C2CCCN(Cc3cccc(-c4cccs4)c3)C2)cc1. The third kappa shape index (κ3) is 5.29. The van der Waals surface area contributed by atoms with Crippen LogP contribution in [-0.4, -0.2) is 31.0 Å². The van der Waals surface area contributed by atoms with Crippen molar-refractivity contribution in [1.29, 1.82) is 0 Å². The molecule has 1 atom stereocenters. The monoisotopic (exact) mass is 420 g/mol. The van der Waals surface area contributed by atoms with Crippen molar-refractivity contribution in [2.75, 3.05) is 20.2 Å². The van der Waals surface area contributed by atoms with Gasteiger partial charge in [0.1, 0.15) is 5.75 Å². The number of methoxy groups -OCH3 is 1. The Morgan fingerprint density at radius 2 is 2.00 bits per heavy atom. The normalized spacial score (nSPS) is 16.9. The van der Waals surface area contributed by atoms with Gasteiger partial charge in [0.05, 0.1) is 13.0 Å². The minimum atomic E-state index is 0.0532. The van der Waals surface area contributed by atoms with Gasteiger partial charge in [-0.25, -0.2) is 0 Å². The fourth-order valence-corrected chi connectivity index (χ4v) is 4.74. The Morgan fingerprint density at radius 1 is 1.13 bits per heavy atom. The maximum Gasteiger partial charge on any atom is 0.224 e. The largest absolute Gasteiger partial charge is 0.497 e. The van der Waals surface area contributed by atoms with Crippen LogP contribution in [-0.2, 0) is 17.9 Å². The van der Waals surface area contributed by atoms with Crippen LogP contribution in [0.4, 0.5) is 0 Å². The van der Waals surface area contributed by atoms with E-state index < -0.39 is 0 Å². The molecule has 1 unspecified atom stereocenters. The molecule has 4 nitrogen and oxygen atoms in total. The lowest BCUT2D eigenvalue weighted by molar-refractivity contribution is -0.126. The van der Waals surface area contributed by atoms with E-state index in [-0.39, 0.29) is 11.8 Å². The molecule has 1 aliphatic heterocycles. The summed E-state index contributed by atoms with van der Waals surface area (Å²) >= 11 is 1.77. The Morgan fingerprint density at radius 3 is 2.77 bits per heavy atom. The van der Waals surface area contributed by atoms with Crippen molar-refractivity contribution >= 4 is 17.2 Å². The van der Waals surface area contributed by atoms with Crippen LogP contribution in [0.1, 0.15) is 24.0 Å². The lowest BCUT2D eigenvalue weighted by Crippen LogP contribution is -2.42. The molecule has 3 aromatic rings. The Kier molecular flexibility index (Phi) is 6.82. The quantitative estimate of drug-likeness (QED) is 0.588. The number of thiophene rings is 1. The van der Waals surface area contributed by atoms with Crippen LogP contribution in [0.15, 0.2) is 66.0 Å². The van der Waals surface area contributed by atoms with Crippen molar-refractivity contribution in [2.24, 2.45) is 5.92 Å². The van der Waals surface area contributed by atoms with Crippen molar-refractivity contribution < 1.29 is 9.53 Å². The summed E-state index contributed by atoms with van der Waals surface area (Å²) in [6, 6.07) is 20.8. The van der Waals surface area contributed by atoms with Gasteiger partial charge in [0.2, 0.25) is 5.91 Å². The first-order chi connectivity index (χ1) is 14.7. The first kappa shape index (κ1) is 20.6. The van der Waals surface area contributed by atoms with Crippen LogP contribution >= 0.6 is 11.3 Å². The van der Waals surface area contributed by atoms with Gasteiger partial charge >= 0.3 is 0 Å². The number of nitrogens with zero attached hydrogens (tertiary/aromatic N) is 1. The topological polar surface area (TPSA) is 41.6 Å². The molecule has 0 bridgehead atoms. The van der Waals surface area contributed by atoms with E-state index in [1.807, 2.05) is 24.3 Å². The van der Waals surface area contributed by atoms with E-state index in [2.05, 4.69) is 52.0 Å². The van der Waals surface area contributed by atoms with Gasteiger partial charge < -0.3 is 10.1 Å². The predicted molar refractivity (Wildman–Crippen MR) is 123 cm³/mol. The number of carbonyl (C=O) groups is 1. The molecule has 1 fully saturated rings. The lowest BCUT2D eigenvalue weighted by atomic mass is 9.96. The average molecular weight is 421 g/mol. The summed E-state index contributed by atoms with van der Waals surface area (Å²) in [5, 5.41) is 5.23. The number of hydrogen-bond acceptors (Lipinski definition) is 4. The Hall–Kier alpha value is -2.63. The van der Waals surface area contributed by atoms with Crippen LogP contribution in [0.25, 0.3) is 10.4 Å². The second-order valence-corrected chi connectivity index (χ2v) is 8.77. The Bertz CT molecular complexity index is 954. The highest BCUT2D eigenvalue weighted by atomic mass is 32.1. The first-order valence-electron chi connectivity index (χ1n) is 10.5. The molecule has 4 rings (SSSR count). The number of benzene rings is 2. The Labute approximate surface area is 182 Å². The summed E-state index contributed by atoms with van der Waals surface area (Å²) in [6.07, 6.45) is 2.02. The van der Waals surface area contributed by atoms with Gasteiger partial charge in [-0.3, -0.25) is 9.69 Å². The van der Waals surface area contributed by atoms with Crippen LogP contribution in [0.2, 0.25) is 0 Å². The van der Waals surface area contributed by atoms with Crippen molar-refractivity contribution in [1.82, 2.24) is 10.2 Å². The standard InChI is InChI=1S/C25H28N2O2S/c1-29-23-11-9-19(10-12-23)16-26-25(28)22-7-3-13-27(18-22)17-20-5-2-6-21(15-20)24-8-4-14-30-24/h2,4-6,8-12,14-15,22H,3,7,13,16-18H2,1H3,(H,26,28). The van der Waals surface area contributed by atoms with Crippen LogP contribution in [0.5, 0.6) is 5.75 Å². The number of rotatable bonds is 7. The zero-order valence-electron chi connectivity index (χ0n) is 17.3. The number of ether oxygens (including phenoxy) is 1. The molecule has 1 N–H and O–H groups in total. The minimum Gasteiger partial charge on any atom is -0.497 e. The average Bonchev–Trinajstić information content (AvgIpc) is 3.33. The van der Waals surface area contributed by atoms with Crippen LogP contribution in [0.3, 0.4) is 0 Å². The van der Waals surface area contributed by atoms with Crippen molar-refractivity contribution in [3.63, 3.8) is 0 Å². The zero-order valence-corrected chi connectivity index (χ0v) is 18.2. The van der Waals surface area contributed by atoms with Gasteiger partial charge in [-0.15, -0.1) is 11.3 Å². The van der Waals surface area contributed by atoms with Gasteiger partial charge in [0.15, 0.2) is 0 Å². The highest BCUT2D eigenvalue weighted by Gasteiger charge is 2.25. The number of hydrogen-bond donors (Lipinski definition) is 1. The summed E-state index contributed by atoms with van der Waals surface area (Å²) in [6.45, 7) is 3.31. The summed E-state index contributed by atoms with van der Waals surface area (Å²) in [5.41, 5.74) is 3.66. The molecule has 0 saturated carbocycles. The number of piperidine rings is 1. The fourth-order valence-electron chi connectivity index (χ4n) is 4.01. The Balaban J connectivity index is 1.31. The number of carbonyl (C=O) groups excluding carboxylic acids is 1. The first-order valence-corrected chi connectivity index (χ1v) is 11.3. The molecule has 156 valence electrons. The molecule has 30 heavy (non-hydrogen) atoms. The molecule has 0 spiro atoms. The molecule has 2 heterocycles. The molecule has 1 saturated heterocycles. The van der Waals surface area contributed by atoms with E-state index in [0.29, 0.717) is 6.54 Å². The van der Waals surface area contributed by atoms with Crippen molar-refractivity contribution in [2.45, 2.75) is 25.9 Å². The smallest absolute Gasteiger partial charge is 0.224 e. The summed E-state index contributed by atoms with van der Waals surface area (Å²) in [4.78, 5) is 16.4. The molecule has 2 aromatic carbocycles. The van der Waals surface area contributed by atoms with Gasteiger partial charge in [-0.05, 0) is 65.7 Å². The number of likely N-dealkylation sites (tertiary alicyclic amines) is 1. The second kappa shape index (κ2) is 9.92. The number of nitrogens with one attached hydrogen (secondary N) is 1. The van der Waals surface area contributed by atoms with Gasteiger partial charge in [-0.1, -0.05) is 36.4 Å². The van der Waals surface area contributed by atoms with Gasteiger partial charge in [0, 0.05) is 24.5 Å². The third-order valence-electron chi connectivity index (χ3n) is 5.64. The van der Waals surface area contributed by atoms with Crippen molar-refractivity contribution in [3.8, 4) is 16.2 Å². The molecule has 1 aromatic heterocycles. The number of amides is 1. The van der Waals surface area contributed by atoms with Crippen LogP contribution in [0, 0.1) is 5.92 Å². The molecule has 0 radical (unpaired) electrons. The van der Waals surface area contributed by atoms with E-state index in [1.165, 1.54) is 16.0 Å². The summed E-state index contributed by atoms with van der Waals surface area (Å²) < 4.78 is 5.19. The molecule has 0 aliphatic carbocycles. The summed E-state index contributed by atoms with van der Waals surface area (Å²) in [7, 11) is 1.66. The van der Waals surface area contributed by atoms with Gasteiger partial charge in [0.25, 0.3) is 0 Å². The maximum atomic E-state index is 12.7. The zero-order chi connectivity index (χ0) is 20.8. The van der Waals surface area contributed by atoms with E-state index in [4.69, 9.17) is 4.74 Å². The fraction of sp³-hybridized carbons (Fsp3) is 0.320. The molecule has 1 amide bonds. The molecule has 1 aliphatic rings. The maximum absolute atomic E-state index is 12.7. The van der Waals surface area contributed by atoms with E-state index >= 15 is 0 Å². The lowest BCUT2D eigenvalue weighted by Gasteiger charge is -2.32. The predicted octanol–water partition coefficient (Wildman–Crippen LogP) is 4.95. The van der Waals surface area contributed by atoms with E-state index in [9.17, 15) is 4.79 Å². The van der Waals surface area contributed by atoms with E-state index in [0.717, 1.165) is 43.8 Å². The van der Waals surface area contributed by atoms with Crippen molar-refractivity contribution in [3.05, 3.63) is 77.2 Å². The molecule has 5 heteroatoms. The highest BCUT2D eigenvalue weighted by Crippen LogP contribution is 2.26. The molecular weight excluding hydrogens is 392 g/mol. The van der Waals surface area contributed by atoms with Gasteiger partial charge in [-0.2, -0.15) is 0 Å². The third-order valence-corrected chi connectivity index (χ3v) is 6.56. The molecular formula is C25H28N2O2S. The minimum absolute atomic E-state index is 0.0532.